The van der Waals surface area contributed by atoms with Gasteiger partial charge in [0, 0.05) is 22.4 Å². The van der Waals surface area contributed by atoms with Crippen LogP contribution in [-0.4, -0.2) is 18.8 Å². The minimum Gasteiger partial charge on any atom is -0.484 e. The third-order valence-electron chi connectivity index (χ3n) is 4.07. The van der Waals surface area contributed by atoms with E-state index in [1.54, 1.807) is 23.9 Å². The molecule has 0 fully saturated rings. The molecule has 0 spiro atoms. The van der Waals surface area contributed by atoms with Crippen LogP contribution in [0.2, 0.25) is 0 Å². The van der Waals surface area contributed by atoms with E-state index in [1.165, 1.54) is 6.07 Å². The Morgan fingerprint density at radius 1 is 1.19 bits per heavy atom. The summed E-state index contributed by atoms with van der Waals surface area (Å²) in [6.45, 7) is 1.93. The molecule has 0 aliphatic heterocycles. The number of hydrogen-bond acceptors (Lipinski definition) is 5. The second-order valence-corrected chi connectivity index (χ2v) is 6.88. The summed E-state index contributed by atoms with van der Waals surface area (Å²) in [5.41, 5.74) is 1.81. The van der Waals surface area contributed by atoms with Crippen molar-refractivity contribution in [2.24, 2.45) is 0 Å². The molecule has 1 amide bonds. The number of benzene rings is 2. The second-order valence-electron chi connectivity index (χ2n) is 6.04. The highest BCUT2D eigenvalue weighted by molar-refractivity contribution is 7.98. The fourth-order valence-corrected chi connectivity index (χ4v) is 3.41. The van der Waals surface area contributed by atoms with Gasteiger partial charge in [-0.25, -0.2) is 4.79 Å². The minimum atomic E-state index is -0.380. The molecule has 3 aromatic rings. The molecule has 1 aromatic heterocycles. The first-order valence-electron chi connectivity index (χ1n) is 8.73. The molecule has 1 heterocycles. The lowest BCUT2D eigenvalue weighted by molar-refractivity contribution is -0.118. The highest BCUT2D eigenvalue weighted by Gasteiger charge is 2.09. The minimum absolute atomic E-state index is 0.132. The molecule has 1 N–H and O–H groups in total. The van der Waals surface area contributed by atoms with E-state index in [-0.39, 0.29) is 18.1 Å². The number of anilines is 1. The van der Waals surface area contributed by atoms with Gasteiger partial charge in [0.25, 0.3) is 5.91 Å². The van der Waals surface area contributed by atoms with Gasteiger partial charge in [-0.3, -0.25) is 4.79 Å². The van der Waals surface area contributed by atoms with Gasteiger partial charge in [0.15, 0.2) is 6.61 Å². The van der Waals surface area contributed by atoms with E-state index in [0.29, 0.717) is 11.3 Å². The van der Waals surface area contributed by atoms with E-state index in [1.807, 2.05) is 36.6 Å². The summed E-state index contributed by atoms with van der Waals surface area (Å²) >= 11 is 1.56. The van der Waals surface area contributed by atoms with E-state index in [2.05, 4.69) is 12.2 Å². The molecule has 0 saturated heterocycles. The van der Waals surface area contributed by atoms with Crippen LogP contribution in [0.1, 0.15) is 18.9 Å². The average Bonchev–Trinajstić information content (AvgIpc) is 2.66. The van der Waals surface area contributed by atoms with Gasteiger partial charge < -0.3 is 14.5 Å². The molecule has 0 aliphatic rings. The van der Waals surface area contributed by atoms with Crippen molar-refractivity contribution < 1.29 is 13.9 Å². The summed E-state index contributed by atoms with van der Waals surface area (Å²) in [7, 11) is 0. The molecule has 0 bridgehead atoms. The van der Waals surface area contributed by atoms with Crippen LogP contribution in [0.15, 0.2) is 62.6 Å². The summed E-state index contributed by atoms with van der Waals surface area (Å²) in [6.07, 6.45) is 3.70. The van der Waals surface area contributed by atoms with Crippen LogP contribution in [0.4, 0.5) is 5.69 Å². The molecular formula is C21H21NO4S. The van der Waals surface area contributed by atoms with Crippen LogP contribution in [0.3, 0.4) is 0 Å². The second kappa shape index (κ2) is 8.77. The highest BCUT2D eigenvalue weighted by atomic mass is 32.2. The Kier molecular flexibility index (Phi) is 6.19. The number of thioether (sulfide) groups is 1. The zero-order valence-corrected chi connectivity index (χ0v) is 16.1. The first-order chi connectivity index (χ1) is 13.1. The number of rotatable bonds is 7. The predicted octanol–water partition coefficient (Wildman–Crippen LogP) is 4.48. The standard InChI is InChI=1S/C21H21NO4S/c1-3-6-14-11-21(24)26-18-12-15(9-10-16(14)18)25-13-20(23)22-17-7-4-5-8-19(17)27-2/h4-5,7-12H,3,6,13H2,1-2H3,(H,22,23). The summed E-state index contributed by atoms with van der Waals surface area (Å²) in [6, 6.07) is 14.4. The smallest absolute Gasteiger partial charge is 0.336 e. The highest BCUT2D eigenvalue weighted by Crippen LogP contribution is 2.25. The fourth-order valence-electron chi connectivity index (χ4n) is 2.86. The van der Waals surface area contributed by atoms with Crippen molar-refractivity contribution in [1.29, 1.82) is 0 Å². The number of para-hydroxylation sites is 1. The van der Waals surface area contributed by atoms with Gasteiger partial charge in [-0.2, -0.15) is 0 Å². The summed E-state index contributed by atoms with van der Waals surface area (Å²) in [5.74, 6) is 0.227. The van der Waals surface area contributed by atoms with E-state index >= 15 is 0 Å². The third-order valence-corrected chi connectivity index (χ3v) is 4.87. The number of ether oxygens (including phenoxy) is 1. The van der Waals surface area contributed by atoms with Gasteiger partial charge >= 0.3 is 5.63 Å². The van der Waals surface area contributed by atoms with E-state index in [4.69, 9.17) is 9.15 Å². The quantitative estimate of drug-likeness (QED) is 0.481. The Hall–Kier alpha value is -2.73. The summed E-state index contributed by atoms with van der Waals surface area (Å²) in [5, 5.41) is 3.74. The first-order valence-corrected chi connectivity index (χ1v) is 9.95. The van der Waals surface area contributed by atoms with Gasteiger partial charge in [0.2, 0.25) is 0 Å². The number of aryl methyl sites for hydroxylation is 1. The maximum absolute atomic E-state index is 12.2. The summed E-state index contributed by atoms with van der Waals surface area (Å²) in [4.78, 5) is 24.9. The monoisotopic (exact) mass is 383 g/mol. The Balaban J connectivity index is 1.71. The van der Waals surface area contributed by atoms with Gasteiger partial charge in [-0.05, 0) is 42.5 Å². The number of hydrogen-bond donors (Lipinski definition) is 1. The number of carbonyl (C=O) groups excluding carboxylic acids is 1. The fraction of sp³-hybridized carbons (Fsp3) is 0.238. The van der Waals surface area contributed by atoms with Crippen LogP contribution in [-0.2, 0) is 11.2 Å². The lowest BCUT2D eigenvalue weighted by atomic mass is 10.1. The van der Waals surface area contributed by atoms with E-state index in [0.717, 1.165) is 34.4 Å². The van der Waals surface area contributed by atoms with Crippen LogP contribution in [0, 0.1) is 0 Å². The first kappa shape index (κ1) is 19.0. The molecule has 3 rings (SSSR count). The third kappa shape index (κ3) is 4.71. The van der Waals surface area contributed by atoms with Gasteiger partial charge in [-0.15, -0.1) is 11.8 Å². The zero-order valence-electron chi connectivity index (χ0n) is 15.3. The Labute approximate surface area is 161 Å². The van der Waals surface area contributed by atoms with Gasteiger partial charge in [0.05, 0.1) is 5.69 Å². The van der Waals surface area contributed by atoms with Crippen LogP contribution < -0.4 is 15.7 Å². The SMILES string of the molecule is CCCc1cc(=O)oc2cc(OCC(=O)Nc3ccccc3SC)ccc12. The number of carbonyl (C=O) groups is 1. The Bertz CT molecular complexity index is 1010. The Morgan fingerprint density at radius 2 is 2.00 bits per heavy atom. The van der Waals surface area contributed by atoms with Crippen molar-refractivity contribution in [1.82, 2.24) is 0 Å². The van der Waals surface area contributed by atoms with E-state index in [9.17, 15) is 9.59 Å². The number of amides is 1. The molecule has 0 saturated carbocycles. The van der Waals surface area contributed by atoms with Crippen LogP contribution >= 0.6 is 11.8 Å². The van der Waals surface area contributed by atoms with Crippen molar-refractivity contribution in [2.45, 2.75) is 24.7 Å². The Morgan fingerprint density at radius 3 is 2.78 bits per heavy atom. The summed E-state index contributed by atoms with van der Waals surface area (Å²) < 4.78 is 10.9. The molecule has 5 nitrogen and oxygen atoms in total. The molecule has 0 aliphatic carbocycles. The lowest BCUT2D eigenvalue weighted by Gasteiger charge is -2.11. The van der Waals surface area contributed by atoms with Gasteiger partial charge in [-0.1, -0.05) is 25.5 Å². The molecule has 2 aromatic carbocycles. The van der Waals surface area contributed by atoms with Crippen molar-refractivity contribution >= 4 is 34.3 Å². The maximum atomic E-state index is 12.2. The van der Waals surface area contributed by atoms with Crippen LogP contribution in [0.25, 0.3) is 11.0 Å². The van der Waals surface area contributed by atoms with E-state index < -0.39 is 0 Å². The molecule has 140 valence electrons. The largest absolute Gasteiger partial charge is 0.484 e. The molecule has 0 unspecified atom stereocenters. The topological polar surface area (TPSA) is 68.5 Å². The van der Waals surface area contributed by atoms with Crippen LogP contribution in [0.5, 0.6) is 5.75 Å². The average molecular weight is 383 g/mol. The predicted molar refractivity (Wildman–Crippen MR) is 109 cm³/mol. The lowest BCUT2D eigenvalue weighted by Crippen LogP contribution is -2.20. The normalized spacial score (nSPS) is 10.7. The zero-order chi connectivity index (χ0) is 19.2. The van der Waals surface area contributed by atoms with Crippen molar-refractivity contribution in [3.8, 4) is 5.75 Å². The molecule has 27 heavy (non-hydrogen) atoms. The number of nitrogens with one attached hydrogen (secondary N) is 1. The van der Waals surface area contributed by atoms with Crippen molar-refractivity contribution in [3.63, 3.8) is 0 Å². The molecule has 0 atom stereocenters. The molecule has 6 heteroatoms. The molecular weight excluding hydrogens is 362 g/mol. The maximum Gasteiger partial charge on any atom is 0.336 e. The number of fused-ring (bicyclic) bond motifs is 1. The van der Waals surface area contributed by atoms with Crippen molar-refractivity contribution in [3.05, 3.63) is 64.5 Å². The molecule has 0 radical (unpaired) electrons. The van der Waals surface area contributed by atoms with Crippen molar-refractivity contribution in [2.75, 3.05) is 18.2 Å². The van der Waals surface area contributed by atoms with Gasteiger partial charge in [0.1, 0.15) is 11.3 Å².